The number of aliphatic carboxylic acids is 1. The fourth-order valence-electron chi connectivity index (χ4n) is 1.47. The van der Waals surface area contributed by atoms with Gasteiger partial charge in [0.15, 0.2) is 0 Å². The molecule has 0 bridgehead atoms. The Bertz CT molecular complexity index is 609. The van der Waals surface area contributed by atoms with Crippen LogP contribution in [0.5, 0.6) is 0 Å². The lowest BCUT2D eigenvalue weighted by molar-refractivity contribution is -0.139. The van der Waals surface area contributed by atoms with Gasteiger partial charge >= 0.3 is 11.9 Å². The molecule has 1 aromatic heterocycles. The number of esters is 1. The Morgan fingerprint density at radius 3 is 2.71 bits per heavy atom. The summed E-state index contributed by atoms with van der Waals surface area (Å²) in [7, 11) is -2.96. The predicted molar refractivity (Wildman–Crippen MR) is 80.4 cm³/mol. The van der Waals surface area contributed by atoms with E-state index in [9.17, 15) is 18.0 Å². The molecule has 0 saturated carbocycles. The van der Waals surface area contributed by atoms with Gasteiger partial charge < -0.3 is 9.84 Å². The van der Waals surface area contributed by atoms with Gasteiger partial charge in [-0.15, -0.1) is 11.3 Å². The van der Waals surface area contributed by atoms with E-state index < -0.39 is 28.0 Å². The van der Waals surface area contributed by atoms with Crippen LogP contribution >= 0.6 is 23.1 Å². The van der Waals surface area contributed by atoms with E-state index in [-0.39, 0.29) is 16.2 Å². The van der Waals surface area contributed by atoms with Gasteiger partial charge in [-0.3, -0.25) is 4.79 Å². The minimum absolute atomic E-state index is 0.0843. The molecular weight excluding hydrogens is 338 g/mol. The molecule has 0 aliphatic heterocycles. The van der Waals surface area contributed by atoms with Crippen molar-refractivity contribution in [1.82, 2.24) is 4.72 Å². The van der Waals surface area contributed by atoms with Crippen LogP contribution in [0.15, 0.2) is 16.3 Å². The third kappa shape index (κ3) is 4.70. The SMILES string of the molecule is COC(=O)c1sccc1S(=O)(=O)NC(CCSC)C(=O)O. The van der Waals surface area contributed by atoms with Crippen LogP contribution < -0.4 is 4.72 Å². The van der Waals surface area contributed by atoms with Crippen LogP contribution in [0.2, 0.25) is 0 Å². The van der Waals surface area contributed by atoms with E-state index in [4.69, 9.17) is 5.11 Å². The number of carbonyl (C=O) groups excluding carboxylic acids is 1. The molecule has 0 aromatic carbocycles. The summed E-state index contributed by atoms with van der Waals surface area (Å²) < 4.78 is 31.1. The van der Waals surface area contributed by atoms with Gasteiger partial charge in [-0.25, -0.2) is 13.2 Å². The van der Waals surface area contributed by atoms with Crippen molar-refractivity contribution in [3.8, 4) is 0 Å². The monoisotopic (exact) mass is 353 g/mol. The van der Waals surface area contributed by atoms with Crippen LogP contribution in [0, 0.1) is 0 Å². The van der Waals surface area contributed by atoms with Crippen molar-refractivity contribution in [2.45, 2.75) is 17.4 Å². The Morgan fingerprint density at radius 1 is 1.52 bits per heavy atom. The molecule has 1 heterocycles. The van der Waals surface area contributed by atoms with Crippen molar-refractivity contribution in [3.05, 3.63) is 16.3 Å². The summed E-state index contributed by atoms with van der Waals surface area (Å²) in [6.45, 7) is 0. The summed E-state index contributed by atoms with van der Waals surface area (Å²) in [6, 6.07) is 0.0000579. The van der Waals surface area contributed by atoms with Crippen LogP contribution in [-0.4, -0.2) is 50.6 Å². The third-order valence-electron chi connectivity index (χ3n) is 2.50. The van der Waals surface area contributed by atoms with E-state index in [2.05, 4.69) is 9.46 Å². The lowest BCUT2D eigenvalue weighted by atomic mass is 10.2. The standard InChI is InChI=1S/C11H15NO6S3/c1-18-11(15)9-8(4-6-20-9)21(16,17)12-7(10(13)14)3-5-19-2/h4,6-7,12H,3,5H2,1-2H3,(H,13,14). The smallest absolute Gasteiger partial charge is 0.349 e. The molecule has 7 nitrogen and oxygen atoms in total. The number of carbonyl (C=O) groups is 2. The number of methoxy groups -OCH3 is 1. The van der Waals surface area contributed by atoms with Crippen molar-refractivity contribution in [3.63, 3.8) is 0 Å². The van der Waals surface area contributed by atoms with Gasteiger partial charge in [0.05, 0.1) is 7.11 Å². The zero-order valence-corrected chi connectivity index (χ0v) is 13.8. The maximum Gasteiger partial charge on any atom is 0.349 e. The molecule has 1 aromatic rings. The van der Waals surface area contributed by atoms with Crippen molar-refractivity contribution < 1.29 is 27.9 Å². The first-order chi connectivity index (χ1) is 9.83. The number of thiophene rings is 1. The van der Waals surface area contributed by atoms with E-state index in [1.54, 1.807) is 6.26 Å². The highest BCUT2D eigenvalue weighted by atomic mass is 32.2. The molecular formula is C11H15NO6S3. The third-order valence-corrected chi connectivity index (χ3v) is 5.68. The van der Waals surface area contributed by atoms with Gasteiger partial charge in [-0.1, -0.05) is 0 Å². The van der Waals surface area contributed by atoms with Crippen molar-refractivity contribution in [2.75, 3.05) is 19.1 Å². The van der Waals surface area contributed by atoms with E-state index in [0.29, 0.717) is 5.75 Å². The van der Waals surface area contributed by atoms with Gasteiger partial charge in [0.2, 0.25) is 10.0 Å². The molecule has 21 heavy (non-hydrogen) atoms. The molecule has 1 unspecified atom stereocenters. The highest BCUT2D eigenvalue weighted by molar-refractivity contribution is 7.98. The molecule has 0 radical (unpaired) electrons. The average Bonchev–Trinajstić information content (AvgIpc) is 2.92. The molecule has 0 saturated heterocycles. The summed E-state index contributed by atoms with van der Waals surface area (Å²) in [5, 5.41) is 10.5. The normalized spacial score (nSPS) is 12.9. The molecule has 10 heteroatoms. The van der Waals surface area contributed by atoms with E-state index >= 15 is 0 Å². The quantitative estimate of drug-likeness (QED) is 0.671. The average molecular weight is 353 g/mol. The molecule has 0 spiro atoms. The van der Waals surface area contributed by atoms with Crippen molar-refractivity contribution in [2.24, 2.45) is 0 Å². The topological polar surface area (TPSA) is 110 Å². The van der Waals surface area contributed by atoms with Crippen molar-refractivity contribution in [1.29, 1.82) is 0 Å². The predicted octanol–water partition coefficient (Wildman–Crippen LogP) is 1.02. The summed E-state index contributed by atoms with van der Waals surface area (Å²) in [5.74, 6) is -1.55. The second-order valence-corrected chi connectivity index (χ2v) is 7.48. The first-order valence-corrected chi connectivity index (χ1v) is 9.49. The zero-order valence-electron chi connectivity index (χ0n) is 11.4. The number of sulfonamides is 1. The first-order valence-electron chi connectivity index (χ1n) is 5.73. The lowest BCUT2D eigenvalue weighted by Crippen LogP contribution is -2.41. The largest absolute Gasteiger partial charge is 0.480 e. The van der Waals surface area contributed by atoms with Gasteiger partial charge in [0.25, 0.3) is 0 Å². The minimum Gasteiger partial charge on any atom is -0.480 e. The summed E-state index contributed by atoms with van der Waals surface area (Å²) in [6.07, 6.45) is 1.94. The van der Waals surface area contributed by atoms with Crippen LogP contribution in [0.4, 0.5) is 0 Å². The van der Waals surface area contributed by atoms with Crippen LogP contribution in [-0.2, 0) is 19.6 Å². The lowest BCUT2D eigenvalue weighted by Gasteiger charge is -2.14. The number of carboxylic acid groups (broad SMARTS) is 1. The molecule has 0 aliphatic rings. The second kappa shape index (κ2) is 7.78. The second-order valence-electron chi connectivity index (χ2n) is 3.90. The van der Waals surface area contributed by atoms with Crippen LogP contribution in [0.1, 0.15) is 16.1 Å². The molecule has 0 fully saturated rings. The zero-order chi connectivity index (χ0) is 16.0. The van der Waals surface area contributed by atoms with Crippen LogP contribution in [0.3, 0.4) is 0 Å². The summed E-state index contributed by atoms with van der Waals surface area (Å²) in [5.41, 5.74) is 0. The summed E-state index contributed by atoms with van der Waals surface area (Å²) >= 11 is 2.33. The van der Waals surface area contributed by atoms with Gasteiger partial charge in [-0.2, -0.15) is 16.5 Å². The van der Waals surface area contributed by atoms with Crippen molar-refractivity contribution >= 4 is 45.1 Å². The molecule has 0 aliphatic carbocycles. The Hall–Kier alpha value is -1.10. The molecule has 118 valence electrons. The number of rotatable bonds is 8. The van der Waals surface area contributed by atoms with E-state index in [0.717, 1.165) is 18.4 Å². The Morgan fingerprint density at radius 2 is 2.19 bits per heavy atom. The molecule has 1 atom stereocenters. The molecule has 0 amide bonds. The number of hydrogen-bond donors (Lipinski definition) is 2. The Balaban J connectivity index is 3.03. The number of hydrogen-bond acceptors (Lipinski definition) is 7. The van der Waals surface area contributed by atoms with Gasteiger partial charge in [-0.05, 0) is 29.9 Å². The number of nitrogens with one attached hydrogen (secondary N) is 1. The van der Waals surface area contributed by atoms with E-state index in [1.807, 2.05) is 0 Å². The van der Waals surface area contributed by atoms with Crippen LogP contribution in [0.25, 0.3) is 0 Å². The molecule has 1 rings (SSSR count). The Labute approximate surface area is 130 Å². The maximum atomic E-state index is 12.2. The highest BCUT2D eigenvalue weighted by Gasteiger charge is 2.29. The van der Waals surface area contributed by atoms with Gasteiger partial charge in [0.1, 0.15) is 15.8 Å². The fourth-order valence-corrected chi connectivity index (χ4v) is 4.50. The fraction of sp³-hybridized carbons (Fsp3) is 0.455. The number of thioether (sulfide) groups is 1. The van der Waals surface area contributed by atoms with E-state index in [1.165, 1.54) is 23.2 Å². The Kier molecular flexibility index (Phi) is 6.65. The number of ether oxygens (including phenoxy) is 1. The molecule has 2 N–H and O–H groups in total. The van der Waals surface area contributed by atoms with Gasteiger partial charge in [0, 0.05) is 0 Å². The highest BCUT2D eigenvalue weighted by Crippen LogP contribution is 2.23. The summed E-state index contributed by atoms with van der Waals surface area (Å²) in [4.78, 5) is 22.3. The number of carboxylic acids is 1. The first kappa shape index (κ1) is 18.0. The maximum absolute atomic E-state index is 12.2. The minimum atomic E-state index is -4.11.